The molecule has 0 amide bonds. The highest BCUT2D eigenvalue weighted by Gasteiger charge is 2.31. The fraction of sp³-hybridized carbons (Fsp3) is 0.250. The van der Waals surface area contributed by atoms with Gasteiger partial charge in [-0.3, -0.25) is 14.3 Å². The predicted molar refractivity (Wildman–Crippen MR) is 127 cm³/mol. The van der Waals surface area contributed by atoms with Crippen molar-refractivity contribution in [2.24, 2.45) is 5.92 Å². The van der Waals surface area contributed by atoms with Gasteiger partial charge in [0.1, 0.15) is 22.1 Å². The molecule has 2 aromatic carbocycles. The Kier molecular flexibility index (Phi) is 7.37. The Morgan fingerprint density at radius 3 is 2.11 bits per heavy atom. The number of aryl methyl sites for hydroxylation is 1. The summed E-state index contributed by atoms with van der Waals surface area (Å²) in [5.74, 6) is -1.22. The third kappa shape index (κ3) is 5.83. The van der Waals surface area contributed by atoms with E-state index in [1.54, 1.807) is 31.2 Å². The Morgan fingerprint density at radius 1 is 1.00 bits per heavy atom. The molecule has 13 heteroatoms. The highest BCUT2D eigenvalue weighted by molar-refractivity contribution is 7.22. The smallest absolute Gasteiger partial charge is 0.457 e. The van der Waals surface area contributed by atoms with E-state index in [1.165, 1.54) is 12.1 Å². The van der Waals surface area contributed by atoms with Crippen LogP contribution in [0, 0.1) is 12.8 Å². The molecule has 2 heterocycles. The number of nitrogens with zero attached hydrogens (tertiary/aromatic N) is 1. The summed E-state index contributed by atoms with van der Waals surface area (Å²) in [6, 6.07) is 11.4. The van der Waals surface area contributed by atoms with Crippen LogP contribution in [-0.4, -0.2) is 34.1 Å². The van der Waals surface area contributed by atoms with Crippen molar-refractivity contribution in [3.8, 4) is 27.7 Å². The highest BCUT2D eigenvalue weighted by atomic mass is 32.1. The van der Waals surface area contributed by atoms with E-state index < -0.39 is 43.1 Å². The summed E-state index contributed by atoms with van der Waals surface area (Å²) < 4.78 is 73.8. The number of aliphatic hydroxyl groups is 1. The highest BCUT2D eigenvalue weighted by Crippen LogP contribution is 2.37. The molecule has 0 aliphatic carbocycles. The number of alkyl halides is 5. The van der Waals surface area contributed by atoms with Crippen LogP contribution in [0.15, 0.2) is 58.1 Å². The van der Waals surface area contributed by atoms with Crippen molar-refractivity contribution in [3.63, 3.8) is 0 Å². The second-order valence-electron chi connectivity index (χ2n) is 8.03. The largest absolute Gasteiger partial charge is 0.573 e. The molecule has 1 atom stereocenters. The first-order valence-electron chi connectivity index (χ1n) is 10.8. The first-order chi connectivity index (χ1) is 17.5. The number of H-pyrrole nitrogens is 1. The van der Waals surface area contributed by atoms with E-state index in [-0.39, 0.29) is 21.7 Å². The van der Waals surface area contributed by atoms with Gasteiger partial charge in [-0.25, -0.2) is 13.6 Å². The van der Waals surface area contributed by atoms with Crippen LogP contribution in [0.1, 0.15) is 5.56 Å². The lowest BCUT2D eigenvalue weighted by Crippen LogP contribution is -2.34. The zero-order valence-electron chi connectivity index (χ0n) is 19.0. The summed E-state index contributed by atoms with van der Waals surface area (Å²) in [4.78, 5) is 27.9. The van der Waals surface area contributed by atoms with E-state index in [0.29, 0.717) is 21.8 Å². The summed E-state index contributed by atoms with van der Waals surface area (Å²) in [6.07, 6.45) is -7.66. The van der Waals surface area contributed by atoms with Gasteiger partial charge in [-0.15, -0.1) is 24.5 Å². The van der Waals surface area contributed by atoms with Crippen LogP contribution in [0.3, 0.4) is 0 Å². The molecule has 0 fully saturated rings. The molecule has 2 aromatic heterocycles. The third-order valence-corrected chi connectivity index (χ3v) is 6.85. The van der Waals surface area contributed by atoms with Crippen molar-refractivity contribution in [3.05, 3.63) is 74.9 Å². The van der Waals surface area contributed by atoms with Crippen LogP contribution < -0.4 is 20.7 Å². The Hall–Kier alpha value is -3.71. The monoisotopic (exact) mass is 542 g/mol. The summed E-state index contributed by atoms with van der Waals surface area (Å²) in [5, 5.41) is 9.46. The zero-order chi connectivity index (χ0) is 26.9. The Labute approximate surface area is 209 Å². The van der Waals surface area contributed by atoms with Gasteiger partial charge in [0.2, 0.25) is 6.43 Å². The predicted octanol–water partition coefficient (Wildman–Crippen LogP) is 5.29. The zero-order valence-corrected chi connectivity index (χ0v) is 19.8. The van der Waals surface area contributed by atoms with E-state index >= 15 is 0 Å². The van der Waals surface area contributed by atoms with Gasteiger partial charge in [0, 0.05) is 11.4 Å². The fourth-order valence-electron chi connectivity index (χ4n) is 3.69. The number of fused-ring (bicyclic) bond motifs is 1. The molecule has 0 aliphatic rings. The van der Waals surface area contributed by atoms with Gasteiger partial charge in [0.25, 0.3) is 5.56 Å². The summed E-state index contributed by atoms with van der Waals surface area (Å²) in [7, 11) is 0. The van der Waals surface area contributed by atoms with Crippen molar-refractivity contribution >= 4 is 21.6 Å². The number of hydrogen-bond acceptors (Lipinski definition) is 6. The number of ether oxygens (including phenoxy) is 2. The van der Waals surface area contributed by atoms with Crippen LogP contribution in [0.5, 0.6) is 17.2 Å². The molecule has 0 saturated heterocycles. The minimum Gasteiger partial charge on any atom is -0.457 e. The standard InChI is InChI=1S/C24H19F5N2O5S/c1-12-18-21(33)30-23(34)31(10-14(11-32)20(25)26)22(18)37-19(12)13-2-4-15(5-3-13)35-16-6-8-17(9-7-16)36-24(27,28)29/h2-9,14,20,32H,10-11H2,1H3,(H,30,33,34). The van der Waals surface area contributed by atoms with E-state index in [2.05, 4.69) is 9.72 Å². The lowest BCUT2D eigenvalue weighted by molar-refractivity contribution is -0.274. The molecular formula is C24H19F5N2O5S. The molecule has 0 saturated carbocycles. The normalized spacial score (nSPS) is 12.8. The van der Waals surface area contributed by atoms with Crippen LogP contribution in [-0.2, 0) is 6.54 Å². The number of aliphatic hydroxyl groups excluding tert-OH is 1. The molecule has 2 N–H and O–H groups in total. The van der Waals surface area contributed by atoms with Crippen molar-refractivity contribution in [2.75, 3.05) is 6.61 Å². The second-order valence-corrected chi connectivity index (χ2v) is 9.03. The lowest BCUT2D eigenvalue weighted by atomic mass is 10.1. The quantitative estimate of drug-likeness (QED) is 0.295. The second kappa shape index (κ2) is 10.3. The first kappa shape index (κ1) is 26.4. The number of nitrogens with one attached hydrogen (secondary N) is 1. The molecule has 7 nitrogen and oxygen atoms in total. The van der Waals surface area contributed by atoms with Crippen molar-refractivity contribution < 1.29 is 36.5 Å². The van der Waals surface area contributed by atoms with Crippen LogP contribution >= 0.6 is 11.3 Å². The number of benzene rings is 2. The summed E-state index contributed by atoms with van der Waals surface area (Å²) >= 11 is 1.08. The Morgan fingerprint density at radius 2 is 1.57 bits per heavy atom. The van der Waals surface area contributed by atoms with E-state index in [1.807, 2.05) is 0 Å². The minimum absolute atomic E-state index is 0.187. The van der Waals surface area contributed by atoms with Crippen molar-refractivity contribution in [2.45, 2.75) is 26.3 Å². The molecule has 4 aromatic rings. The molecular weight excluding hydrogens is 523 g/mol. The fourth-order valence-corrected chi connectivity index (χ4v) is 5.01. The number of thiophene rings is 1. The van der Waals surface area contributed by atoms with Gasteiger partial charge in [0.05, 0.1) is 17.9 Å². The van der Waals surface area contributed by atoms with Gasteiger partial charge in [-0.2, -0.15) is 0 Å². The van der Waals surface area contributed by atoms with Crippen LogP contribution in [0.2, 0.25) is 0 Å². The molecule has 1 unspecified atom stereocenters. The van der Waals surface area contributed by atoms with Gasteiger partial charge < -0.3 is 14.6 Å². The summed E-state index contributed by atoms with van der Waals surface area (Å²) in [6.45, 7) is 0.366. The first-order valence-corrected chi connectivity index (χ1v) is 11.6. The third-order valence-electron chi connectivity index (χ3n) is 5.48. The molecule has 0 radical (unpaired) electrons. The molecule has 37 heavy (non-hydrogen) atoms. The molecule has 0 bridgehead atoms. The Balaban J connectivity index is 1.62. The number of rotatable bonds is 8. The molecule has 196 valence electrons. The molecule has 0 spiro atoms. The van der Waals surface area contributed by atoms with Crippen LogP contribution in [0.4, 0.5) is 22.0 Å². The maximum Gasteiger partial charge on any atom is 0.573 e. The number of hydrogen-bond donors (Lipinski definition) is 2. The van der Waals surface area contributed by atoms with E-state index in [0.717, 1.165) is 28.0 Å². The van der Waals surface area contributed by atoms with Gasteiger partial charge >= 0.3 is 12.1 Å². The number of halogens is 5. The SMILES string of the molecule is Cc1c(-c2ccc(Oc3ccc(OC(F)(F)F)cc3)cc2)sc2c1c(=O)[nH]c(=O)n2CC(CO)C(F)F. The van der Waals surface area contributed by atoms with Crippen LogP contribution in [0.25, 0.3) is 20.7 Å². The lowest BCUT2D eigenvalue weighted by Gasteiger charge is -2.15. The van der Waals surface area contributed by atoms with Gasteiger partial charge in [-0.05, 0) is 66.6 Å². The maximum atomic E-state index is 13.2. The van der Waals surface area contributed by atoms with E-state index in [4.69, 9.17) is 4.74 Å². The van der Waals surface area contributed by atoms with Crippen molar-refractivity contribution in [1.82, 2.24) is 9.55 Å². The van der Waals surface area contributed by atoms with Crippen molar-refractivity contribution in [1.29, 1.82) is 0 Å². The topological polar surface area (TPSA) is 93.5 Å². The maximum absolute atomic E-state index is 13.2. The van der Waals surface area contributed by atoms with E-state index in [9.17, 15) is 36.6 Å². The summed E-state index contributed by atoms with van der Waals surface area (Å²) in [5.41, 5.74) is -0.293. The average Bonchev–Trinajstić information content (AvgIpc) is 3.17. The number of aromatic amines is 1. The number of aromatic nitrogens is 2. The van der Waals surface area contributed by atoms with Gasteiger partial charge in [0.15, 0.2) is 0 Å². The molecule has 0 aliphatic heterocycles. The molecule has 4 rings (SSSR count). The minimum atomic E-state index is -4.80. The average molecular weight is 542 g/mol. The van der Waals surface area contributed by atoms with Gasteiger partial charge in [-0.1, -0.05) is 0 Å². The Bertz CT molecular complexity index is 1510.